The number of rotatable bonds is 5. The summed E-state index contributed by atoms with van der Waals surface area (Å²) < 4.78 is 19.7. The predicted octanol–water partition coefficient (Wildman–Crippen LogP) is 2.65. The second-order valence-electron chi connectivity index (χ2n) is 7.10. The molecule has 1 fully saturated rings. The first-order valence-electron chi connectivity index (χ1n) is 9.49. The molecule has 0 aliphatic carbocycles. The number of para-hydroxylation sites is 1. The number of carbonyl (C=O) groups excluding carboxylic acids is 1. The van der Waals surface area contributed by atoms with Crippen molar-refractivity contribution in [1.82, 2.24) is 4.90 Å². The topological polar surface area (TPSA) is 87.9 Å². The zero-order valence-corrected chi connectivity index (χ0v) is 15.7. The molecule has 1 saturated heterocycles. The van der Waals surface area contributed by atoms with E-state index in [1.54, 1.807) is 12.1 Å². The molecule has 152 valence electrons. The van der Waals surface area contributed by atoms with Gasteiger partial charge in [-0.05, 0) is 18.2 Å². The Balaban J connectivity index is 1.32. The molecule has 0 bridgehead atoms. The molecule has 1 atom stereocenters. The summed E-state index contributed by atoms with van der Waals surface area (Å²) in [4.78, 5) is 27.0. The minimum atomic E-state index is -0.700. The molecule has 9 heteroatoms. The summed E-state index contributed by atoms with van der Waals surface area (Å²) >= 11 is 0. The van der Waals surface area contributed by atoms with E-state index in [1.807, 2.05) is 11.0 Å². The second-order valence-corrected chi connectivity index (χ2v) is 7.10. The molecule has 0 aromatic heterocycles. The van der Waals surface area contributed by atoms with E-state index in [1.165, 1.54) is 24.3 Å². The van der Waals surface area contributed by atoms with Crippen LogP contribution in [0.15, 0.2) is 42.5 Å². The van der Waals surface area contributed by atoms with Crippen molar-refractivity contribution in [2.75, 3.05) is 42.9 Å². The van der Waals surface area contributed by atoms with Gasteiger partial charge in [0.15, 0.2) is 11.9 Å². The van der Waals surface area contributed by atoms with E-state index in [4.69, 9.17) is 4.74 Å². The van der Waals surface area contributed by atoms with Gasteiger partial charge in [0.2, 0.25) is 0 Å². The van der Waals surface area contributed by atoms with Crippen LogP contribution < -0.4 is 15.0 Å². The van der Waals surface area contributed by atoms with E-state index in [0.717, 1.165) is 13.1 Å². The van der Waals surface area contributed by atoms with Crippen molar-refractivity contribution < 1.29 is 18.8 Å². The summed E-state index contributed by atoms with van der Waals surface area (Å²) in [6.07, 6.45) is -0.234. The number of piperazine rings is 1. The lowest BCUT2D eigenvalue weighted by atomic mass is 10.1. The first kappa shape index (κ1) is 19.1. The van der Waals surface area contributed by atoms with Crippen molar-refractivity contribution in [3.8, 4) is 5.75 Å². The quantitative estimate of drug-likeness (QED) is 0.613. The van der Waals surface area contributed by atoms with Crippen molar-refractivity contribution in [2.24, 2.45) is 0 Å². The normalized spacial score (nSPS) is 19.3. The lowest BCUT2D eigenvalue weighted by molar-refractivity contribution is -0.384. The molecule has 0 spiro atoms. The van der Waals surface area contributed by atoms with Gasteiger partial charge < -0.3 is 15.0 Å². The Kier molecular flexibility index (Phi) is 5.30. The van der Waals surface area contributed by atoms with Crippen molar-refractivity contribution >= 4 is 23.0 Å². The van der Waals surface area contributed by atoms with Gasteiger partial charge in [0, 0.05) is 45.2 Å². The number of amides is 1. The van der Waals surface area contributed by atoms with Crippen LogP contribution >= 0.6 is 0 Å². The Morgan fingerprint density at radius 1 is 1.17 bits per heavy atom. The number of nitro groups is 1. The molecule has 2 heterocycles. The molecule has 8 nitrogen and oxygen atoms in total. The average Bonchev–Trinajstić information content (AvgIpc) is 2.72. The molecule has 1 amide bonds. The summed E-state index contributed by atoms with van der Waals surface area (Å²) in [5.41, 5.74) is 0.971. The van der Waals surface area contributed by atoms with E-state index in [0.29, 0.717) is 43.2 Å². The van der Waals surface area contributed by atoms with Crippen LogP contribution in [0.1, 0.15) is 6.42 Å². The van der Waals surface area contributed by atoms with Gasteiger partial charge in [0.05, 0.1) is 22.4 Å². The van der Waals surface area contributed by atoms with Gasteiger partial charge in [-0.3, -0.25) is 19.8 Å². The smallest absolute Gasteiger partial charge is 0.273 e. The SMILES string of the molecule is O=C1Nc2ccc([N+](=O)[O-])cc2O[C@H]1CCN1CCN(c2ccccc2F)CC1. The number of nitrogens with zero attached hydrogens (tertiary/aromatic N) is 3. The molecule has 0 saturated carbocycles. The number of fused-ring (bicyclic) bond motifs is 1. The number of non-ortho nitro benzene ring substituents is 1. The van der Waals surface area contributed by atoms with Gasteiger partial charge in [-0.15, -0.1) is 0 Å². The highest BCUT2D eigenvalue weighted by Gasteiger charge is 2.30. The Labute approximate surface area is 167 Å². The summed E-state index contributed by atoms with van der Waals surface area (Å²) in [6.45, 7) is 3.56. The Hall–Kier alpha value is -3.20. The molecule has 1 N–H and O–H groups in total. The molecular weight excluding hydrogens is 379 g/mol. The largest absolute Gasteiger partial charge is 0.478 e. The van der Waals surface area contributed by atoms with Crippen LogP contribution in [-0.4, -0.2) is 54.6 Å². The lowest BCUT2D eigenvalue weighted by Crippen LogP contribution is -2.48. The Bertz CT molecular complexity index is 930. The van der Waals surface area contributed by atoms with Crippen LogP contribution in [0.5, 0.6) is 5.75 Å². The number of hydrogen-bond acceptors (Lipinski definition) is 6. The van der Waals surface area contributed by atoms with Gasteiger partial charge in [0.25, 0.3) is 11.6 Å². The third-order valence-electron chi connectivity index (χ3n) is 5.27. The van der Waals surface area contributed by atoms with Gasteiger partial charge in [-0.25, -0.2) is 4.39 Å². The van der Waals surface area contributed by atoms with Crippen LogP contribution in [0.3, 0.4) is 0 Å². The van der Waals surface area contributed by atoms with Gasteiger partial charge in [0.1, 0.15) is 5.82 Å². The van der Waals surface area contributed by atoms with E-state index >= 15 is 0 Å². The third-order valence-corrected chi connectivity index (χ3v) is 5.27. The van der Waals surface area contributed by atoms with Crippen molar-refractivity contribution in [1.29, 1.82) is 0 Å². The van der Waals surface area contributed by atoms with E-state index in [-0.39, 0.29) is 17.4 Å². The maximum Gasteiger partial charge on any atom is 0.273 e. The fourth-order valence-electron chi connectivity index (χ4n) is 3.66. The molecule has 4 rings (SSSR count). The van der Waals surface area contributed by atoms with Crippen molar-refractivity contribution in [3.63, 3.8) is 0 Å². The Morgan fingerprint density at radius 2 is 1.93 bits per heavy atom. The first-order valence-corrected chi connectivity index (χ1v) is 9.49. The standard InChI is InChI=1S/C20H21FN4O4/c21-15-3-1-2-4-17(15)24-11-9-23(10-12-24)8-7-18-20(26)22-16-6-5-14(25(27)28)13-19(16)29-18/h1-6,13,18H,7-12H2,(H,22,26)/t18-/m0/s1. The summed E-state index contributed by atoms with van der Waals surface area (Å²) in [5.74, 6) is -0.162. The fourth-order valence-corrected chi connectivity index (χ4v) is 3.66. The molecule has 29 heavy (non-hydrogen) atoms. The molecule has 2 aromatic rings. The van der Waals surface area contributed by atoms with Crippen LogP contribution in [0.4, 0.5) is 21.5 Å². The van der Waals surface area contributed by atoms with Crippen molar-refractivity contribution in [3.05, 3.63) is 58.4 Å². The van der Waals surface area contributed by atoms with E-state index in [9.17, 15) is 19.3 Å². The second kappa shape index (κ2) is 8.04. The number of anilines is 2. The monoisotopic (exact) mass is 400 g/mol. The number of ether oxygens (including phenoxy) is 1. The fraction of sp³-hybridized carbons (Fsp3) is 0.350. The number of halogens is 1. The highest BCUT2D eigenvalue weighted by Crippen LogP contribution is 2.33. The maximum atomic E-state index is 13.9. The zero-order valence-electron chi connectivity index (χ0n) is 15.7. The summed E-state index contributed by atoms with van der Waals surface area (Å²) in [7, 11) is 0. The number of hydrogen-bond donors (Lipinski definition) is 1. The minimum absolute atomic E-state index is 0.0806. The maximum absolute atomic E-state index is 13.9. The van der Waals surface area contributed by atoms with Gasteiger partial charge in [-0.1, -0.05) is 12.1 Å². The first-order chi connectivity index (χ1) is 14.0. The van der Waals surface area contributed by atoms with Gasteiger partial charge >= 0.3 is 0 Å². The molecule has 2 aromatic carbocycles. The van der Waals surface area contributed by atoms with Crippen molar-refractivity contribution in [2.45, 2.75) is 12.5 Å². The van der Waals surface area contributed by atoms with Gasteiger partial charge in [-0.2, -0.15) is 0 Å². The minimum Gasteiger partial charge on any atom is -0.478 e. The number of nitro benzene ring substituents is 1. The number of benzene rings is 2. The third kappa shape index (κ3) is 4.14. The number of nitrogens with one attached hydrogen (secondary N) is 1. The highest BCUT2D eigenvalue weighted by atomic mass is 19.1. The zero-order chi connectivity index (χ0) is 20.4. The van der Waals surface area contributed by atoms with E-state index < -0.39 is 11.0 Å². The average molecular weight is 400 g/mol. The molecule has 2 aliphatic rings. The Morgan fingerprint density at radius 3 is 2.66 bits per heavy atom. The summed E-state index contributed by atoms with van der Waals surface area (Å²) in [5, 5.41) is 13.7. The van der Waals surface area contributed by atoms with Crippen LogP contribution in [0, 0.1) is 15.9 Å². The molecule has 0 unspecified atom stereocenters. The molecule has 0 radical (unpaired) electrons. The highest BCUT2D eigenvalue weighted by molar-refractivity contribution is 5.97. The van der Waals surface area contributed by atoms with E-state index in [2.05, 4.69) is 10.2 Å². The van der Waals surface area contributed by atoms with Crippen LogP contribution in [0.25, 0.3) is 0 Å². The molecular formula is C20H21FN4O4. The predicted molar refractivity (Wildman–Crippen MR) is 106 cm³/mol. The van der Waals surface area contributed by atoms with Crippen LogP contribution in [0.2, 0.25) is 0 Å². The number of carbonyl (C=O) groups is 1. The summed E-state index contributed by atoms with van der Waals surface area (Å²) in [6, 6.07) is 10.9. The molecule has 2 aliphatic heterocycles. The van der Waals surface area contributed by atoms with Crippen LogP contribution in [-0.2, 0) is 4.79 Å². The lowest BCUT2D eigenvalue weighted by Gasteiger charge is -2.37.